The van der Waals surface area contributed by atoms with Crippen molar-refractivity contribution >= 4 is 0 Å². The van der Waals surface area contributed by atoms with E-state index in [1.165, 1.54) is 11.1 Å². The van der Waals surface area contributed by atoms with Crippen LogP contribution in [0.5, 0.6) is 11.5 Å². The van der Waals surface area contributed by atoms with Gasteiger partial charge < -0.3 is 14.8 Å². The van der Waals surface area contributed by atoms with Crippen LogP contribution < -0.4 is 14.8 Å². The van der Waals surface area contributed by atoms with E-state index in [1.807, 2.05) is 36.4 Å². The van der Waals surface area contributed by atoms with Crippen molar-refractivity contribution in [3.63, 3.8) is 0 Å². The van der Waals surface area contributed by atoms with Gasteiger partial charge in [0.1, 0.15) is 18.1 Å². The molecule has 0 amide bonds. The highest BCUT2D eigenvalue weighted by Crippen LogP contribution is 2.21. The Hall–Kier alpha value is -2.78. The molecular formula is C23H25NO2. The molecule has 134 valence electrons. The molecule has 0 saturated carbocycles. The van der Waals surface area contributed by atoms with Crippen LogP contribution in [0.1, 0.15) is 22.3 Å². The van der Waals surface area contributed by atoms with Crippen LogP contribution in [-0.4, -0.2) is 7.11 Å². The number of benzene rings is 3. The molecule has 0 aliphatic heterocycles. The van der Waals surface area contributed by atoms with Gasteiger partial charge in [0.25, 0.3) is 0 Å². The van der Waals surface area contributed by atoms with Crippen molar-refractivity contribution < 1.29 is 9.47 Å². The number of ether oxygens (including phenoxy) is 2. The second-order valence-electron chi connectivity index (χ2n) is 6.30. The molecule has 0 spiro atoms. The Balaban J connectivity index is 1.60. The maximum absolute atomic E-state index is 6.06. The normalized spacial score (nSPS) is 10.5. The van der Waals surface area contributed by atoms with Gasteiger partial charge in [0, 0.05) is 24.2 Å². The highest BCUT2D eigenvalue weighted by molar-refractivity contribution is 5.35. The first-order valence-corrected chi connectivity index (χ1v) is 8.85. The van der Waals surface area contributed by atoms with Crippen molar-refractivity contribution in [3.05, 3.63) is 95.1 Å². The Labute approximate surface area is 155 Å². The number of para-hydroxylation sites is 2. The zero-order chi connectivity index (χ0) is 18.2. The number of methoxy groups -OCH3 is 1. The van der Waals surface area contributed by atoms with Crippen molar-refractivity contribution in [2.24, 2.45) is 0 Å². The summed E-state index contributed by atoms with van der Waals surface area (Å²) in [6, 6.07) is 24.6. The highest BCUT2D eigenvalue weighted by atomic mass is 16.5. The van der Waals surface area contributed by atoms with Gasteiger partial charge in [-0.15, -0.1) is 0 Å². The molecular weight excluding hydrogens is 322 g/mol. The summed E-state index contributed by atoms with van der Waals surface area (Å²) in [5.74, 6) is 1.82. The minimum Gasteiger partial charge on any atom is -0.496 e. The zero-order valence-electron chi connectivity index (χ0n) is 15.4. The van der Waals surface area contributed by atoms with Crippen LogP contribution in [-0.2, 0) is 19.7 Å². The zero-order valence-corrected chi connectivity index (χ0v) is 15.4. The van der Waals surface area contributed by atoms with Crippen LogP contribution in [0.4, 0.5) is 0 Å². The standard InChI is InChI=1S/C23H25NO2/c1-18-8-7-9-19(14-18)17-26-23-13-6-4-11-21(23)16-24-15-20-10-3-5-12-22(20)25-2/h3-14,24H,15-17H2,1-2H3. The summed E-state index contributed by atoms with van der Waals surface area (Å²) in [6.07, 6.45) is 0. The van der Waals surface area contributed by atoms with E-state index in [1.54, 1.807) is 7.11 Å². The van der Waals surface area contributed by atoms with E-state index in [0.29, 0.717) is 6.61 Å². The molecule has 1 N–H and O–H groups in total. The number of aryl methyl sites for hydroxylation is 1. The molecule has 0 heterocycles. The largest absolute Gasteiger partial charge is 0.496 e. The average Bonchev–Trinajstić information content (AvgIpc) is 2.67. The summed E-state index contributed by atoms with van der Waals surface area (Å²) in [5.41, 5.74) is 4.72. The van der Waals surface area contributed by atoms with Crippen LogP contribution in [0, 0.1) is 6.92 Å². The number of rotatable bonds is 8. The van der Waals surface area contributed by atoms with Crippen molar-refractivity contribution in [1.29, 1.82) is 0 Å². The van der Waals surface area contributed by atoms with E-state index in [0.717, 1.165) is 35.7 Å². The molecule has 0 fully saturated rings. The molecule has 3 heteroatoms. The molecule has 0 aromatic heterocycles. The predicted octanol–water partition coefficient (Wildman–Crippen LogP) is 4.87. The van der Waals surface area contributed by atoms with E-state index >= 15 is 0 Å². The minimum absolute atomic E-state index is 0.575. The van der Waals surface area contributed by atoms with Gasteiger partial charge in [0.2, 0.25) is 0 Å². The van der Waals surface area contributed by atoms with Crippen LogP contribution in [0.15, 0.2) is 72.8 Å². The topological polar surface area (TPSA) is 30.5 Å². The maximum atomic E-state index is 6.06. The molecule has 26 heavy (non-hydrogen) atoms. The summed E-state index contributed by atoms with van der Waals surface area (Å²) in [4.78, 5) is 0. The predicted molar refractivity (Wildman–Crippen MR) is 105 cm³/mol. The average molecular weight is 347 g/mol. The van der Waals surface area contributed by atoms with Gasteiger partial charge in [0.05, 0.1) is 7.11 Å². The molecule has 0 saturated heterocycles. The van der Waals surface area contributed by atoms with E-state index in [4.69, 9.17) is 9.47 Å². The minimum atomic E-state index is 0.575. The lowest BCUT2D eigenvalue weighted by atomic mass is 10.1. The third-order valence-electron chi connectivity index (χ3n) is 4.27. The smallest absolute Gasteiger partial charge is 0.124 e. The van der Waals surface area contributed by atoms with Crippen molar-refractivity contribution in [2.45, 2.75) is 26.6 Å². The lowest BCUT2D eigenvalue weighted by molar-refractivity contribution is 0.302. The molecule has 0 bridgehead atoms. The monoisotopic (exact) mass is 347 g/mol. The highest BCUT2D eigenvalue weighted by Gasteiger charge is 2.05. The first-order valence-electron chi connectivity index (χ1n) is 8.85. The van der Waals surface area contributed by atoms with Gasteiger partial charge in [-0.1, -0.05) is 66.2 Å². The van der Waals surface area contributed by atoms with Crippen LogP contribution in [0.2, 0.25) is 0 Å². The fraction of sp³-hybridized carbons (Fsp3) is 0.217. The molecule has 0 atom stereocenters. The molecule has 3 rings (SSSR count). The van der Waals surface area contributed by atoms with E-state index in [-0.39, 0.29) is 0 Å². The second kappa shape index (κ2) is 9.07. The molecule has 3 nitrogen and oxygen atoms in total. The van der Waals surface area contributed by atoms with Crippen LogP contribution in [0.3, 0.4) is 0 Å². The SMILES string of the molecule is COc1ccccc1CNCc1ccccc1OCc1cccc(C)c1. The Morgan fingerprint density at radius 2 is 1.42 bits per heavy atom. The Bertz CT molecular complexity index is 845. The van der Waals surface area contributed by atoms with Crippen molar-refractivity contribution in [3.8, 4) is 11.5 Å². The Kier molecular flexibility index (Phi) is 6.29. The number of nitrogens with one attached hydrogen (secondary N) is 1. The Morgan fingerprint density at radius 1 is 0.769 bits per heavy atom. The number of hydrogen-bond donors (Lipinski definition) is 1. The molecule has 3 aromatic rings. The molecule has 0 aliphatic carbocycles. The summed E-state index contributed by atoms with van der Waals surface area (Å²) < 4.78 is 11.5. The van der Waals surface area contributed by atoms with Gasteiger partial charge in [0.15, 0.2) is 0 Å². The lowest BCUT2D eigenvalue weighted by Gasteiger charge is -2.13. The number of hydrogen-bond acceptors (Lipinski definition) is 3. The van der Waals surface area contributed by atoms with Crippen molar-refractivity contribution in [1.82, 2.24) is 5.32 Å². The quantitative estimate of drug-likeness (QED) is 0.630. The van der Waals surface area contributed by atoms with E-state index in [2.05, 4.69) is 48.6 Å². The molecule has 3 aromatic carbocycles. The van der Waals surface area contributed by atoms with Gasteiger partial charge in [-0.3, -0.25) is 0 Å². The van der Waals surface area contributed by atoms with Crippen LogP contribution >= 0.6 is 0 Å². The van der Waals surface area contributed by atoms with Crippen molar-refractivity contribution in [2.75, 3.05) is 7.11 Å². The summed E-state index contributed by atoms with van der Waals surface area (Å²) in [5, 5.41) is 3.48. The van der Waals surface area contributed by atoms with Gasteiger partial charge in [-0.2, -0.15) is 0 Å². The fourth-order valence-electron chi connectivity index (χ4n) is 2.93. The lowest BCUT2D eigenvalue weighted by Crippen LogP contribution is -2.14. The van der Waals surface area contributed by atoms with E-state index < -0.39 is 0 Å². The summed E-state index contributed by atoms with van der Waals surface area (Å²) in [7, 11) is 1.70. The molecule has 0 aliphatic rings. The molecule has 0 unspecified atom stereocenters. The Morgan fingerprint density at radius 3 is 2.12 bits per heavy atom. The van der Waals surface area contributed by atoms with Gasteiger partial charge in [-0.25, -0.2) is 0 Å². The second-order valence-corrected chi connectivity index (χ2v) is 6.30. The third kappa shape index (κ3) is 4.87. The summed E-state index contributed by atoms with van der Waals surface area (Å²) >= 11 is 0. The third-order valence-corrected chi connectivity index (χ3v) is 4.27. The molecule has 0 radical (unpaired) electrons. The fourth-order valence-corrected chi connectivity index (χ4v) is 2.93. The van der Waals surface area contributed by atoms with Crippen LogP contribution in [0.25, 0.3) is 0 Å². The maximum Gasteiger partial charge on any atom is 0.124 e. The van der Waals surface area contributed by atoms with E-state index in [9.17, 15) is 0 Å². The van der Waals surface area contributed by atoms with Gasteiger partial charge >= 0.3 is 0 Å². The van der Waals surface area contributed by atoms with Gasteiger partial charge in [-0.05, 0) is 24.6 Å². The summed E-state index contributed by atoms with van der Waals surface area (Å²) in [6.45, 7) is 4.16. The first-order chi connectivity index (χ1) is 12.8. The first kappa shape index (κ1) is 18.0.